The smallest absolute Gasteiger partial charge is 0.475 e. The summed E-state index contributed by atoms with van der Waals surface area (Å²) in [4.78, 5) is 32.4. The van der Waals surface area contributed by atoms with Crippen LogP contribution >= 0.6 is 11.3 Å². The maximum absolute atomic E-state index is 13.0. The molecular formula is C21H23F7N4O4S. The number of halogens is 7. The summed E-state index contributed by atoms with van der Waals surface area (Å²) >= 11 is 1.84. The third-order valence-corrected chi connectivity index (χ3v) is 6.37. The molecule has 1 unspecified atom stereocenters. The van der Waals surface area contributed by atoms with Gasteiger partial charge in [-0.05, 0) is 37.3 Å². The van der Waals surface area contributed by atoms with E-state index in [1.165, 1.54) is 30.1 Å². The van der Waals surface area contributed by atoms with Gasteiger partial charge < -0.3 is 15.1 Å². The Kier molecular flexibility index (Phi) is 10.2. The molecule has 0 amide bonds. The molecule has 1 atom stereocenters. The first-order chi connectivity index (χ1) is 17.1. The molecule has 2 aliphatic rings. The van der Waals surface area contributed by atoms with Gasteiger partial charge in [-0.15, -0.1) is 11.3 Å². The van der Waals surface area contributed by atoms with Crippen molar-refractivity contribution in [1.82, 2.24) is 14.9 Å². The van der Waals surface area contributed by atoms with E-state index in [2.05, 4.69) is 37.3 Å². The molecule has 4 heterocycles. The molecule has 0 radical (unpaired) electrons. The summed E-state index contributed by atoms with van der Waals surface area (Å²) in [5.41, 5.74) is 0.341. The van der Waals surface area contributed by atoms with Gasteiger partial charge in [-0.2, -0.15) is 26.3 Å². The zero-order valence-corrected chi connectivity index (χ0v) is 19.9. The summed E-state index contributed by atoms with van der Waals surface area (Å²) in [6.07, 6.45) is -3.97. The molecule has 16 heteroatoms. The Bertz CT molecular complexity index is 995. The van der Waals surface area contributed by atoms with Crippen LogP contribution in [0, 0.1) is 11.2 Å². The van der Waals surface area contributed by atoms with Crippen molar-refractivity contribution >= 4 is 29.2 Å². The number of likely N-dealkylation sites (tertiary alicyclic amines) is 1. The topological polar surface area (TPSA) is 107 Å². The number of hydrogen-bond acceptors (Lipinski definition) is 7. The number of thiophene rings is 1. The summed E-state index contributed by atoms with van der Waals surface area (Å²) in [6.45, 7) is 5.32. The van der Waals surface area contributed by atoms with E-state index in [0.29, 0.717) is 11.4 Å². The Morgan fingerprint density at radius 2 is 1.54 bits per heavy atom. The van der Waals surface area contributed by atoms with Gasteiger partial charge in [0.25, 0.3) is 0 Å². The van der Waals surface area contributed by atoms with Gasteiger partial charge in [-0.1, -0.05) is 6.07 Å². The largest absolute Gasteiger partial charge is 0.490 e. The Balaban J connectivity index is 0.000000286. The summed E-state index contributed by atoms with van der Waals surface area (Å²) in [7, 11) is 0. The third-order valence-electron chi connectivity index (χ3n) is 5.51. The predicted molar refractivity (Wildman–Crippen MR) is 117 cm³/mol. The van der Waals surface area contributed by atoms with Crippen molar-refractivity contribution in [1.29, 1.82) is 0 Å². The van der Waals surface area contributed by atoms with Gasteiger partial charge >= 0.3 is 24.3 Å². The van der Waals surface area contributed by atoms with Crippen LogP contribution in [0.1, 0.15) is 24.1 Å². The highest BCUT2D eigenvalue weighted by Gasteiger charge is 2.42. The van der Waals surface area contributed by atoms with Crippen molar-refractivity contribution in [3.05, 3.63) is 40.6 Å². The van der Waals surface area contributed by atoms with Crippen LogP contribution in [-0.4, -0.2) is 75.6 Å². The second-order valence-electron chi connectivity index (χ2n) is 8.37. The van der Waals surface area contributed by atoms with Crippen molar-refractivity contribution in [2.24, 2.45) is 5.41 Å². The van der Waals surface area contributed by atoms with Crippen LogP contribution < -0.4 is 4.90 Å². The fourth-order valence-corrected chi connectivity index (χ4v) is 4.71. The standard InChI is InChI=1S/C17H21FN4S.2C2HF3O2/c18-14-9-19-16(20-10-14)22-6-2-4-17(13-22)5-7-21(12-17)11-15-3-1-8-23-15;2*3-2(4,5)1(6)7/h1,3,8-10H,2,4-7,11-13H2;2*(H,6,7). The molecule has 2 fully saturated rings. The number of nitrogens with zero attached hydrogens (tertiary/aromatic N) is 4. The van der Waals surface area contributed by atoms with Crippen LogP contribution in [0.5, 0.6) is 0 Å². The van der Waals surface area contributed by atoms with Crippen LogP contribution in [-0.2, 0) is 16.1 Å². The average Bonchev–Trinajstić information content (AvgIpc) is 3.44. The average molecular weight is 560 g/mol. The van der Waals surface area contributed by atoms with E-state index < -0.39 is 24.3 Å². The van der Waals surface area contributed by atoms with Crippen molar-refractivity contribution < 1.29 is 50.5 Å². The minimum atomic E-state index is -5.08. The fraction of sp³-hybridized carbons (Fsp3) is 0.524. The second-order valence-corrected chi connectivity index (χ2v) is 9.40. The maximum Gasteiger partial charge on any atom is 0.490 e. The third kappa shape index (κ3) is 9.76. The molecule has 2 aliphatic heterocycles. The molecular weight excluding hydrogens is 537 g/mol. The van der Waals surface area contributed by atoms with Gasteiger partial charge in [0.15, 0.2) is 5.82 Å². The van der Waals surface area contributed by atoms with Crippen molar-refractivity contribution in [2.75, 3.05) is 31.1 Å². The fourth-order valence-electron chi connectivity index (χ4n) is 3.97. The van der Waals surface area contributed by atoms with E-state index in [-0.39, 0.29) is 5.82 Å². The number of hydrogen-bond donors (Lipinski definition) is 2. The van der Waals surface area contributed by atoms with E-state index in [1.54, 1.807) is 0 Å². The molecule has 1 spiro atoms. The van der Waals surface area contributed by atoms with Crippen molar-refractivity contribution in [3.8, 4) is 0 Å². The van der Waals surface area contributed by atoms with Gasteiger partial charge in [0.05, 0.1) is 12.4 Å². The van der Waals surface area contributed by atoms with Crippen molar-refractivity contribution in [2.45, 2.75) is 38.2 Å². The Hall–Kier alpha value is -3.01. The zero-order chi connectivity index (χ0) is 27.9. The van der Waals surface area contributed by atoms with Gasteiger partial charge in [0.1, 0.15) is 0 Å². The molecule has 0 aromatic carbocycles. The molecule has 2 N–H and O–H groups in total. The zero-order valence-electron chi connectivity index (χ0n) is 19.1. The first-order valence-corrected chi connectivity index (χ1v) is 11.6. The van der Waals surface area contributed by atoms with Gasteiger partial charge in [-0.25, -0.2) is 23.9 Å². The van der Waals surface area contributed by atoms with E-state index in [4.69, 9.17) is 19.8 Å². The van der Waals surface area contributed by atoms with E-state index in [9.17, 15) is 30.7 Å². The maximum atomic E-state index is 13.0. The first-order valence-electron chi connectivity index (χ1n) is 10.7. The van der Waals surface area contributed by atoms with E-state index in [1.807, 2.05) is 11.3 Å². The summed E-state index contributed by atoms with van der Waals surface area (Å²) in [6, 6.07) is 4.34. The number of carbonyl (C=O) groups is 2. The minimum absolute atomic E-state index is 0.341. The second kappa shape index (κ2) is 12.5. The predicted octanol–water partition coefficient (Wildman–Crippen LogP) is 4.44. The number of alkyl halides is 6. The molecule has 4 rings (SSSR count). The Labute approximate surface area is 210 Å². The lowest BCUT2D eigenvalue weighted by atomic mass is 9.79. The highest BCUT2D eigenvalue weighted by atomic mass is 32.1. The van der Waals surface area contributed by atoms with Crippen LogP contribution in [0.4, 0.5) is 36.7 Å². The molecule has 2 aromatic heterocycles. The Morgan fingerprint density at radius 1 is 0.973 bits per heavy atom. The molecule has 37 heavy (non-hydrogen) atoms. The molecule has 0 aliphatic carbocycles. The number of piperidine rings is 1. The molecule has 2 aromatic rings. The SMILES string of the molecule is Fc1cnc(N2CCCC3(CCN(Cc4cccs4)C3)C2)nc1.O=C(O)C(F)(F)F.O=C(O)C(F)(F)F. The number of carboxylic acids is 2. The van der Waals surface area contributed by atoms with E-state index >= 15 is 0 Å². The van der Waals surface area contributed by atoms with Crippen LogP contribution in [0.25, 0.3) is 0 Å². The normalized spacial score (nSPS) is 20.0. The number of anilines is 1. The van der Waals surface area contributed by atoms with Crippen LogP contribution in [0.3, 0.4) is 0 Å². The Morgan fingerprint density at radius 3 is 2.03 bits per heavy atom. The minimum Gasteiger partial charge on any atom is -0.475 e. The lowest BCUT2D eigenvalue weighted by molar-refractivity contribution is -0.193. The van der Waals surface area contributed by atoms with E-state index in [0.717, 1.165) is 39.1 Å². The van der Waals surface area contributed by atoms with Crippen LogP contribution in [0.15, 0.2) is 29.9 Å². The summed E-state index contributed by atoms with van der Waals surface area (Å²) < 4.78 is 76.5. The molecule has 2 saturated heterocycles. The monoisotopic (exact) mass is 560 g/mol. The van der Waals surface area contributed by atoms with Gasteiger partial charge in [0.2, 0.25) is 5.95 Å². The van der Waals surface area contributed by atoms with Crippen LogP contribution in [0.2, 0.25) is 0 Å². The lowest BCUT2D eigenvalue weighted by Crippen LogP contribution is -2.45. The quantitative estimate of drug-likeness (QED) is 0.531. The molecule has 0 bridgehead atoms. The molecule has 206 valence electrons. The highest BCUT2D eigenvalue weighted by Crippen LogP contribution is 2.40. The lowest BCUT2D eigenvalue weighted by Gasteiger charge is -2.40. The molecule has 0 saturated carbocycles. The number of aromatic nitrogens is 2. The number of carboxylic acid groups (broad SMARTS) is 2. The summed E-state index contributed by atoms with van der Waals surface area (Å²) in [5.74, 6) is -5.22. The number of rotatable bonds is 3. The van der Waals surface area contributed by atoms with Gasteiger partial charge in [0, 0.05) is 36.5 Å². The first kappa shape index (κ1) is 30.2. The molecule has 8 nitrogen and oxygen atoms in total. The highest BCUT2D eigenvalue weighted by molar-refractivity contribution is 7.09. The number of aliphatic carboxylic acids is 2. The van der Waals surface area contributed by atoms with Gasteiger partial charge in [-0.3, -0.25) is 4.90 Å². The summed E-state index contributed by atoms with van der Waals surface area (Å²) in [5, 5.41) is 16.4. The van der Waals surface area contributed by atoms with Crippen molar-refractivity contribution in [3.63, 3.8) is 0 Å².